The molecule has 0 aliphatic rings. The summed E-state index contributed by atoms with van der Waals surface area (Å²) in [6.07, 6.45) is 6.58. The van der Waals surface area contributed by atoms with E-state index in [2.05, 4.69) is 10.9 Å². The van der Waals surface area contributed by atoms with Crippen LogP contribution in [0.4, 0.5) is 5.82 Å². The first-order chi connectivity index (χ1) is 7.06. The summed E-state index contributed by atoms with van der Waals surface area (Å²) in [6.45, 7) is 0. The van der Waals surface area contributed by atoms with Crippen LogP contribution in [-0.2, 0) is 0 Å². The monoisotopic (exact) mass is 223 g/mol. The molecule has 0 amide bonds. The third kappa shape index (κ3) is 2.69. The lowest BCUT2D eigenvalue weighted by atomic mass is 10.0. The highest BCUT2D eigenvalue weighted by Gasteiger charge is 2.18. The number of terminal acetylenes is 1. The minimum absolute atomic E-state index is 0.108. The van der Waals surface area contributed by atoms with Gasteiger partial charge in [0.1, 0.15) is 5.82 Å². The zero-order valence-corrected chi connectivity index (χ0v) is 8.66. The molecule has 15 heavy (non-hydrogen) atoms. The minimum Gasteiger partial charge on any atom is -0.383 e. The van der Waals surface area contributed by atoms with Gasteiger partial charge in [-0.15, -0.1) is 12.3 Å². The Labute approximate surface area is 92.6 Å². The number of anilines is 1. The van der Waals surface area contributed by atoms with Crippen LogP contribution < -0.4 is 11.5 Å². The Kier molecular flexibility index (Phi) is 3.67. The molecule has 0 saturated heterocycles. The van der Waals surface area contributed by atoms with E-state index in [1.165, 1.54) is 12.3 Å². The van der Waals surface area contributed by atoms with Gasteiger partial charge in [0.15, 0.2) is 5.78 Å². The van der Waals surface area contributed by atoms with Crippen LogP contribution in [0.25, 0.3) is 0 Å². The van der Waals surface area contributed by atoms with Crippen LogP contribution in [0.15, 0.2) is 12.3 Å². The number of hydrogen-bond acceptors (Lipinski definition) is 4. The number of pyridine rings is 1. The second-order valence-electron chi connectivity index (χ2n) is 2.97. The van der Waals surface area contributed by atoms with Gasteiger partial charge in [-0.2, -0.15) is 0 Å². The SMILES string of the molecule is C#CCC(N)C(=O)c1cc(Cl)cnc1N. The quantitative estimate of drug-likeness (QED) is 0.588. The van der Waals surface area contributed by atoms with Gasteiger partial charge in [0, 0.05) is 12.6 Å². The lowest BCUT2D eigenvalue weighted by Crippen LogP contribution is -2.30. The molecule has 1 atom stereocenters. The lowest BCUT2D eigenvalue weighted by molar-refractivity contribution is 0.0963. The van der Waals surface area contributed by atoms with Crippen molar-refractivity contribution in [3.63, 3.8) is 0 Å². The summed E-state index contributed by atoms with van der Waals surface area (Å²) >= 11 is 5.69. The van der Waals surface area contributed by atoms with E-state index in [0.29, 0.717) is 5.02 Å². The van der Waals surface area contributed by atoms with Gasteiger partial charge in [-0.25, -0.2) is 4.98 Å². The summed E-state index contributed by atoms with van der Waals surface area (Å²) in [5, 5.41) is 0.334. The predicted octanol–water partition coefficient (Wildman–Crippen LogP) is 0.851. The highest BCUT2D eigenvalue weighted by atomic mass is 35.5. The summed E-state index contributed by atoms with van der Waals surface area (Å²) in [5.74, 6) is 2.07. The maximum Gasteiger partial charge on any atom is 0.184 e. The van der Waals surface area contributed by atoms with Crippen molar-refractivity contribution in [2.24, 2.45) is 5.73 Å². The normalized spacial score (nSPS) is 11.8. The van der Waals surface area contributed by atoms with Gasteiger partial charge in [-0.1, -0.05) is 11.6 Å². The zero-order chi connectivity index (χ0) is 11.4. The Morgan fingerprint density at radius 3 is 3.00 bits per heavy atom. The number of carbonyl (C=O) groups excluding carboxylic acids is 1. The summed E-state index contributed by atoms with van der Waals surface area (Å²) in [4.78, 5) is 15.5. The number of Topliss-reactive ketones (excluding diaryl/α,β-unsaturated/α-hetero) is 1. The number of hydrogen-bond donors (Lipinski definition) is 2. The van der Waals surface area contributed by atoms with Crippen molar-refractivity contribution >= 4 is 23.2 Å². The van der Waals surface area contributed by atoms with E-state index in [-0.39, 0.29) is 23.6 Å². The molecule has 1 unspecified atom stereocenters. The summed E-state index contributed by atoms with van der Waals surface area (Å²) in [6, 6.07) is 0.667. The highest BCUT2D eigenvalue weighted by Crippen LogP contribution is 2.16. The van der Waals surface area contributed by atoms with Crippen LogP contribution in [0.5, 0.6) is 0 Å². The van der Waals surface area contributed by atoms with Gasteiger partial charge in [0.2, 0.25) is 0 Å². The predicted molar refractivity (Wildman–Crippen MR) is 59.4 cm³/mol. The van der Waals surface area contributed by atoms with Crippen molar-refractivity contribution in [2.45, 2.75) is 12.5 Å². The molecule has 0 radical (unpaired) electrons. The fourth-order valence-electron chi connectivity index (χ4n) is 1.07. The third-order valence-electron chi connectivity index (χ3n) is 1.83. The van der Waals surface area contributed by atoms with Gasteiger partial charge >= 0.3 is 0 Å². The zero-order valence-electron chi connectivity index (χ0n) is 7.90. The van der Waals surface area contributed by atoms with E-state index in [1.54, 1.807) is 0 Å². The Balaban J connectivity index is 3.01. The first-order valence-electron chi connectivity index (χ1n) is 4.20. The van der Waals surface area contributed by atoms with Crippen LogP contribution in [-0.4, -0.2) is 16.8 Å². The molecule has 78 valence electrons. The molecule has 0 saturated carbocycles. The van der Waals surface area contributed by atoms with E-state index in [4.69, 9.17) is 29.5 Å². The number of halogens is 1. The standard InChI is InChI=1S/C10H10ClN3O/c1-2-3-8(12)9(15)7-4-6(11)5-14-10(7)13/h1,4-5,8H,3,12H2,(H2,13,14). The molecule has 1 heterocycles. The van der Waals surface area contributed by atoms with Crippen LogP contribution in [0.1, 0.15) is 16.8 Å². The molecule has 5 heteroatoms. The molecule has 4 nitrogen and oxygen atoms in total. The number of rotatable bonds is 3. The summed E-state index contributed by atoms with van der Waals surface area (Å²) < 4.78 is 0. The van der Waals surface area contributed by atoms with Gasteiger partial charge in [-0.3, -0.25) is 4.79 Å². The number of nitrogens with two attached hydrogens (primary N) is 2. The molecular formula is C10H10ClN3O. The summed E-state index contributed by atoms with van der Waals surface area (Å²) in [7, 11) is 0. The number of nitrogens with zero attached hydrogens (tertiary/aromatic N) is 1. The lowest BCUT2D eigenvalue weighted by Gasteiger charge is -2.08. The molecule has 1 aromatic rings. The third-order valence-corrected chi connectivity index (χ3v) is 2.03. The van der Waals surface area contributed by atoms with E-state index in [1.807, 2.05) is 0 Å². The Hall–Kier alpha value is -1.57. The average Bonchev–Trinajstić information content (AvgIpc) is 2.21. The van der Waals surface area contributed by atoms with Crippen LogP contribution in [0, 0.1) is 12.3 Å². The molecule has 4 N–H and O–H groups in total. The van der Waals surface area contributed by atoms with Crippen molar-refractivity contribution in [1.82, 2.24) is 4.98 Å². The molecule has 0 fully saturated rings. The fraction of sp³-hybridized carbons (Fsp3) is 0.200. The van der Waals surface area contributed by atoms with Crippen LogP contribution >= 0.6 is 11.6 Å². The van der Waals surface area contributed by atoms with E-state index in [9.17, 15) is 4.79 Å². The van der Waals surface area contributed by atoms with Crippen LogP contribution in [0.2, 0.25) is 5.02 Å². The molecule has 1 rings (SSSR count). The smallest absolute Gasteiger partial charge is 0.184 e. The molecule has 0 aromatic carbocycles. The Morgan fingerprint density at radius 2 is 2.40 bits per heavy atom. The van der Waals surface area contributed by atoms with Gasteiger partial charge in [-0.05, 0) is 6.07 Å². The minimum atomic E-state index is -0.766. The maximum absolute atomic E-state index is 11.7. The molecule has 0 aliphatic carbocycles. The Morgan fingerprint density at radius 1 is 1.73 bits per heavy atom. The van der Waals surface area contributed by atoms with Crippen molar-refractivity contribution in [3.05, 3.63) is 22.8 Å². The number of nitrogen functional groups attached to an aromatic ring is 1. The highest BCUT2D eigenvalue weighted by molar-refractivity contribution is 6.31. The fourth-order valence-corrected chi connectivity index (χ4v) is 1.22. The molecule has 1 aromatic heterocycles. The molecule has 0 aliphatic heterocycles. The van der Waals surface area contributed by atoms with Crippen molar-refractivity contribution in [2.75, 3.05) is 5.73 Å². The number of ketones is 1. The molecule has 0 spiro atoms. The average molecular weight is 224 g/mol. The Bertz CT molecular complexity index is 425. The van der Waals surface area contributed by atoms with Crippen molar-refractivity contribution < 1.29 is 4.79 Å². The molecule has 0 bridgehead atoms. The second kappa shape index (κ2) is 4.78. The van der Waals surface area contributed by atoms with Gasteiger partial charge in [0.05, 0.1) is 16.6 Å². The second-order valence-corrected chi connectivity index (χ2v) is 3.40. The maximum atomic E-state index is 11.7. The largest absolute Gasteiger partial charge is 0.383 e. The van der Waals surface area contributed by atoms with E-state index in [0.717, 1.165) is 0 Å². The van der Waals surface area contributed by atoms with Crippen LogP contribution in [0.3, 0.4) is 0 Å². The number of carbonyl (C=O) groups is 1. The van der Waals surface area contributed by atoms with Crippen molar-refractivity contribution in [3.8, 4) is 12.3 Å². The van der Waals surface area contributed by atoms with Gasteiger partial charge < -0.3 is 11.5 Å². The summed E-state index contributed by atoms with van der Waals surface area (Å²) in [5.41, 5.74) is 11.3. The first-order valence-corrected chi connectivity index (χ1v) is 4.58. The van der Waals surface area contributed by atoms with E-state index >= 15 is 0 Å². The van der Waals surface area contributed by atoms with E-state index < -0.39 is 6.04 Å². The number of aromatic nitrogens is 1. The first kappa shape index (κ1) is 11.5. The topological polar surface area (TPSA) is 82.0 Å². The van der Waals surface area contributed by atoms with Crippen molar-refractivity contribution in [1.29, 1.82) is 0 Å². The molecular weight excluding hydrogens is 214 g/mol. The van der Waals surface area contributed by atoms with Gasteiger partial charge in [0.25, 0.3) is 0 Å².